The van der Waals surface area contributed by atoms with Gasteiger partial charge in [0.25, 0.3) is 11.8 Å². The zero-order valence-electron chi connectivity index (χ0n) is 17.0. The minimum atomic E-state index is -0.661. The van der Waals surface area contributed by atoms with Crippen LogP contribution in [0.5, 0.6) is 5.75 Å². The highest BCUT2D eigenvalue weighted by atomic mass is 35.5. The molecule has 0 saturated carbocycles. The van der Waals surface area contributed by atoms with Gasteiger partial charge in [-0.2, -0.15) is 0 Å². The molecule has 11 heteroatoms. The third-order valence-electron chi connectivity index (χ3n) is 4.72. The van der Waals surface area contributed by atoms with Crippen LogP contribution >= 0.6 is 24.0 Å². The van der Waals surface area contributed by atoms with E-state index in [1.54, 1.807) is 29.2 Å². The molecule has 1 heterocycles. The molecule has 0 aliphatic carbocycles. The molecule has 6 N–H and O–H groups in total. The van der Waals surface area contributed by atoms with Crippen molar-refractivity contribution >= 4 is 53.3 Å². The maximum absolute atomic E-state index is 12.7. The summed E-state index contributed by atoms with van der Waals surface area (Å²) in [4.78, 5) is 37.4. The van der Waals surface area contributed by atoms with Gasteiger partial charge in [-0.05, 0) is 30.7 Å². The molecule has 1 fully saturated rings. The van der Waals surface area contributed by atoms with Crippen LogP contribution < -0.4 is 26.4 Å². The lowest BCUT2D eigenvalue weighted by Crippen LogP contribution is -2.26. The number of rotatable bonds is 8. The van der Waals surface area contributed by atoms with Crippen molar-refractivity contribution in [1.29, 1.82) is 5.41 Å². The van der Waals surface area contributed by atoms with Crippen molar-refractivity contribution in [3.05, 3.63) is 58.1 Å². The van der Waals surface area contributed by atoms with Gasteiger partial charge in [0, 0.05) is 46.9 Å². The van der Waals surface area contributed by atoms with Crippen molar-refractivity contribution in [3.8, 4) is 5.75 Å². The van der Waals surface area contributed by atoms with Crippen molar-refractivity contribution in [2.45, 2.75) is 19.4 Å². The fourth-order valence-corrected chi connectivity index (χ4v) is 3.44. The number of nitrogens with two attached hydrogens (primary N) is 2. The number of nitrogens with zero attached hydrogens (tertiary/aromatic N) is 1. The SMILES string of the molecule is Cl.N=C(N)c1ccc(CNC(=O)c2cc(Cl)cc(N3CCCC3=O)c2)c(OCC(N)=O)c1. The first-order valence-corrected chi connectivity index (χ1v) is 9.90. The van der Waals surface area contributed by atoms with Crippen LogP contribution in [0.2, 0.25) is 5.02 Å². The molecule has 0 atom stereocenters. The smallest absolute Gasteiger partial charge is 0.255 e. The lowest BCUT2D eigenvalue weighted by Gasteiger charge is -2.17. The van der Waals surface area contributed by atoms with Gasteiger partial charge in [-0.15, -0.1) is 12.4 Å². The number of anilines is 1. The molecule has 9 nitrogen and oxygen atoms in total. The Morgan fingerprint density at radius 1 is 1.16 bits per heavy atom. The molecule has 0 bridgehead atoms. The van der Waals surface area contributed by atoms with Crippen LogP contribution in [0.1, 0.15) is 34.3 Å². The Balaban J connectivity index is 0.00000363. The Morgan fingerprint density at radius 2 is 1.91 bits per heavy atom. The zero-order valence-corrected chi connectivity index (χ0v) is 18.6. The number of ether oxygens (including phenoxy) is 1. The summed E-state index contributed by atoms with van der Waals surface area (Å²) in [5.74, 6) is -0.947. The normalized spacial score (nSPS) is 12.8. The standard InChI is InChI=1S/C21H22ClN5O4.ClH/c22-15-6-14(7-16(9-15)27-5-1-2-19(27)29)21(30)26-10-13-4-3-12(20(24)25)8-17(13)31-11-18(23)28;/h3-4,6-9H,1-2,5,10-11H2,(H2,23,28)(H3,24,25)(H,26,30);1H. The molecule has 0 radical (unpaired) electrons. The molecular weight excluding hydrogens is 457 g/mol. The molecule has 0 aromatic heterocycles. The summed E-state index contributed by atoms with van der Waals surface area (Å²) in [6.45, 7) is 0.308. The van der Waals surface area contributed by atoms with Gasteiger partial charge in [-0.1, -0.05) is 23.7 Å². The summed E-state index contributed by atoms with van der Waals surface area (Å²) in [6.07, 6.45) is 1.23. The van der Waals surface area contributed by atoms with Gasteiger partial charge in [0.05, 0.1) is 0 Å². The number of amidine groups is 1. The maximum Gasteiger partial charge on any atom is 0.255 e. The molecule has 2 aromatic rings. The van der Waals surface area contributed by atoms with Crippen LogP contribution in [-0.4, -0.2) is 36.7 Å². The van der Waals surface area contributed by atoms with Gasteiger partial charge >= 0.3 is 0 Å². The highest BCUT2D eigenvalue weighted by molar-refractivity contribution is 6.31. The fourth-order valence-electron chi connectivity index (χ4n) is 3.21. The summed E-state index contributed by atoms with van der Waals surface area (Å²) in [7, 11) is 0. The summed E-state index contributed by atoms with van der Waals surface area (Å²) in [5.41, 5.74) is 12.5. The number of amides is 3. The van der Waals surface area contributed by atoms with E-state index in [1.165, 1.54) is 12.1 Å². The van der Waals surface area contributed by atoms with E-state index in [4.69, 9.17) is 33.2 Å². The Morgan fingerprint density at radius 3 is 2.53 bits per heavy atom. The lowest BCUT2D eigenvalue weighted by atomic mass is 10.1. The predicted octanol–water partition coefficient (Wildman–Crippen LogP) is 1.97. The largest absolute Gasteiger partial charge is 0.483 e. The van der Waals surface area contributed by atoms with Crippen LogP contribution in [0, 0.1) is 5.41 Å². The first-order chi connectivity index (χ1) is 14.7. The second kappa shape index (κ2) is 10.8. The molecule has 1 aliphatic heterocycles. The van der Waals surface area contributed by atoms with E-state index in [9.17, 15) is 14.4 Å². The highest BCUT2D eigenvalue weighted by Crippen LogP contribution is 2.27. The summed E-state index contributed by atoms with van der Waals surface area (Å²) in [5, 5.41) is 10.7. The number of nitrogen functional groups attached to an aromatic ring is 1. The van der Waals surface area contributed by atoms with Crippen LogP contribution in [-0.2, 0) is 16.1 Å². The Labute approximate surface area is 195 Å². The summed E-state index contributed by atoms with van der Waals surface area (Å²) < 4.78 is 5.40. The third kappa shape index (κ3) is 6.12. The summed E-state index contributed by atoms with van der Waals surface area (Å²) >= 11 is 6.17. The minimum absolute atomic E-state index is 0. The minimum Gasteiger partial charge on any atom is -0.483 e. The molecule has 0 spiro atoms. The van der Waals surface area contributed by atoms with E-state index in [1.807, 2.05) is 0 Å². The Hall–Kier alpha value is -3.30. The van der Waals surface area contributed by atoms with E-state index in [0.29, 0.717) is 40.4 Å². The van der Waals surface area contributed by atoms with Crippen LogP contribution in [0.4, 0.5) is 5.69 Å². The van der Waals surface area contributed by atoms with Crippen molar-refractivity contribution in [3.63, 3.8) is 0 Å². The van der Waals surface area contributed by atoms with Crippen molar-refractivity contribution in [2.24, 2.45) is 11.5 Å². The van der Waals surface area contributed by atoms with Gasteiger partial charge in [-0.3, -0.25) is 19.8 Å². The van der Waals surface area contributed by atoms with Crippen LogP contribution in [0.25, 0.3) is 0 Å². The number of benzene rings is 2. The Bertz CT molecular complexity index is 1060. The number of primary amides is 1. The first kappa shape index (κ1) is 25.0. The zero-order chi connectivity index (χ0) is 22.5. The number of carbonyl (C=O) groups excluding carboxylic acids is 3. The molecule has 0 unspecified atom stereocenters. The molecule has 1 aliphatic rings. The molecule has 170 valence electrons. The first-order valence-electron chi connectivity index (χ1n) is 9.52. The van der Waals surface area contributed by atoms with Gasteiger partial charge < -0.3 is 26.4 Å². The second-order valence-corrected chi connectivity index (χ2v) is 7.46. The number of nitrogens with one attached hydrogen (secondary N) is 2. The molecule has 1 saturated heterocycles. The van der Waals surface area contributed by atoms with Crippen LogP contribution in [0.3, 0.4) is 0 Å². The number of hydrogen-bond donors (Lipinski definition) is 4. The average Bonchev–Trinajstić information content (AvgIpc) is 3.16. The fraction of sp³-hybridized carbons (Fsp3) is 0.238. The van der Waals surface area contributed by atoms with E-state index in [-0.39, 0.29) is 43.1 Å². The molecular formula is C21H23Cl2N5O4. The van der Waals surface area contributed by atoms with Gasteiger partial charge in [-0.25, -0.2) is 0 Å². The molecule has 32 heavy (non-hydrogen) atoms. The van der Waals surface area contributed by atoms with Crippen LogP contribution in [0.15, 0.2) is 36.4 Å². The topological polar surface area (TPSA) is 152 Å². The number of carbonyl (C=O) groups is 3. The molecule has 2 aromatic carbocycles. The quantitative estimate of drug-likeness (QED) is 0.336. The average molecular weight is 480 g/mol. The molecule has 3 rings (SSSR count). The van der Waals surface area contributed by atoms with Crippen molar-refractivity contribution in [2.75, 3.05) is 18.1 Å². The molecule has 3 amide bonds. The summed E-state index contributed by atoms with van der Waals surface area (Å²) in [6, 6.07) is 9.54. The van der Waals surface area contributed by atoms with Gasteiger partial charge in [0.2, 0.25) is 5.91 Å². The van der Waals surface area contributed by atoms with Crippen molar-refractivity contribution in [1.82, 2.24) is 5.32 Å². The Kier molecular flexibility index (Phi) is 8.45. The van der Waals surface area contributed by atoms with E-state index in [2.05, 4.69) is 5.32 Å². The van der Waals surface area contributed by atoms with E-state index in [0.717, 1.165) is 6.42 Å². The number of hydrogen-bond acceptors (Lipinski definition) is 5. The second-order valence-electron chi connectivity index (χ2n) is 7.02. The number of halogens is 2. The maximum atomic E-state index is 12.7. The monoisotopic (exact) mass is 479 g/mol. The van der Waals surface area contributed by atoms with Gasteiger partial charge in [0.15, 0.2) is 6.61 Å². The van der Waals surface area contributed by atoms with E-state index >= 15 is 0 Å². The van der Waals surface area contributed by atoms with E-state index < -0.39 is 11.8 Å². The van der Waals surface area contributed by atoms with Crippen molar-refractivity contribution < 1.29 is 19.1 Å². The lowest BCUT2D eigenvalue weighted by molar-refractivity contribution is -0.120. The third-order valence-corrected chi connectivity index (χ3v) is 4.94. The highest BCUT2D eigenvalue weighted by Gasteiger charge is 2.23. The van der Waals surface area contributed by atoms with Gasteiger partial charge in [0.1, 0.15) is 11.6 Å². The predicted molar refractivity (Wildman–Crippen MR) is 124 cm³/mol.